The molecule has 1 amide bonds. The van der Waals surface area contributed by atoms with Crippen molar-refractivity contribution in [2.24, 2.45) is 5.10 Å². The van der Waals surface area contributed by atoms with Crippen molar-refractivity contribution < 1.29 is 14.3 Å². The number of nitrogens with zero attached hydrogens (tertiary/aromatic N) is 2. The number of hydrogen-bond acceptors (Lipinski definition) is 6. The molecule has 2 N–H and O–H groups in total. The third kappa shape index (κ3) is 5.41. The second-order valence-corrected chi connectivity index (χ2v) is 4.32. The predicted octanol–water partition coefficient (Wildman–Crippen LogP) is -0.193. The predicted molar refractivity (Wildman–Crippen MR) is 71.2 cm³/mol. The topological polar surface area (TPSA) is 83.0 Å². The normalized spacial score (nSPS) is 15.9. The van der Waals surface area contributed by atoms with Crippen LogP contribution in [0.2, 0.25) is 0 Å². The lowest BCUT2D eigenvalue weighted by molar-refractivity contribution is -0.134. The standard InChI is InChI=1S/C12H20N4O3/c1-9(6-4-5-7-10(17)19-3)14-12(18)11-13-8-16(2)15-11/h5,7,9H,4,6,8H2,1-3H3,(H,13,15)(H,14,18)/b7-5+. The van der Waals surface area contributed by atoms with E-state index >= 15 is 0 Å². The van der Waals surface area contributed by atoms with E-state index in [9.17, 15) is 9.59 Å². The fraction of sp³-hybridized carbons (Fsp3) is 0.583. The Bertz CT molecular complexity index is 392. The van der Waals surface area contributed by atoms with Gasteiger partial charge < -0.3 is 15.4 Å². The molecule has 106 valence electrons. The summed E-state index contributed by atoms with van der Waals surface area (Å²) in [4.78, 5) is 22.6. The minimum absolute atomic E-state index is 0.00482. The summed E-state index contributed by atoms with van der Waals surface area (Å²) in [7, 11) is 3.12. The van der Waals surface area contributed by atoms with Gasteiger partial charge in [0.15, 0.2) is 0 Å². The molecule has 0 radical (unpaired) electrons. The Balaban J connectivity index is 2.26. The average molecular weight is 268 g/mol. The molecule has 0 aromatic rings. The fourth-order valence-corrected chi connectivity index (χ4v) is 1.51. The number of carbonyl (C=O) groups excluding carboxylic acids is 2. The molecular formula is C12H20N4O3. The maximum absolute atomic E-state index is 11.8. The van der Waals surface area contributed by atoms with Gasteiger partial charge >= 0.3 is 5.97 Å². The van der Waals surface area contributed by atoms with E-state index in [4.69, 9.17) is 0 Å². The van der Waals surface area contributed by atoms with Gasteiger partial charge in [0.25, 0.3) is 5.91 Å². The number of amides is 1. The van der Waals surface area contributed by atoms with Crippen LogP contribution in [0.4, 0.5) is 0 Å². The molecule has 1 aliphatic heterocycles. The number of methoxy groups -OCH3 is 1. The van der Waals surface area contributed by atoms with E-state index in [1.165, 1.54) is 13.2 Å². The Kier molecular flexibility index (Phi) is 5.84. The van der Waals surface area contributed by atoms with E-state index in [-0.39, 0.29) is 17.9 Å². The average Bonchev–Trinajstić information content (AvgIpc) is 2.81. The maximum atomic E-state index is 11.8. The van der Waals surface area contributed by atoms with E-state index < -0.39 is 0 Å². The van der Waals surface area contributed by atoms with Crippen LogP contribution in [0, 0.1) is 0 Å². The number of nitrogens with one attached hydrogen (secondary N) is 2. The molecule has 0 saturated heterocycles. The van der Waals surface area contributed by atoms with Gasteiger partial charge in [0.2, 0.25) is 5.84 Å². The van der Waals surface area contributed by atoms with Crippen molar-refractivity contribution in [2.75, 3.05) is 20.8 Å². The van der Waals surface area contributed by atoms with Crippen molar-refractivity contribution >= 4 is 17.7 Å². The van der Waals surface area contributed by atoms with Crippen LogP contribution >= 0.6 is 0 Å². The maximum Gasteiger partial charge on any atom is 0.330 e. The van der Waals surface area contributed by atoms with Crippen LogP contribution in [0.5, 0.6) is 0 Å². The zero-order valence-electron chi connectivity index (χ0n) is 11.5. The first kappa shape index (κ1) is 15.0. The highest BCUT2D eigenvalue weighted by Gasteiger charge is 2.18. The molecule has 7 nitrogen and oxygen atoms in total. The Morgan fingerprint density at radius 2 is 2.37 bits per heavy atom. The molecule has 0 aromatic heterocycles. The van der Waals surface area contributed by atoms with E-state index in [2.05, 4.69) is 20.5 Å². The second-order valence-electron chi connectivity index (χ2n) is 4.32. The monoisotopic (exact) mass is 268 g/mol. The highest BCUT2D eigenvalue weighted by Crippen LogP contribution is 1.99. The van der Waals surface area contributed by atoms with Crippen LogP contribution in [-0.4, -0.2) is 49.6 Å². The van der Waals surface area contributed by atoms with Gasteiger partial charge in [-0.15, -0.1) is 0 Å². The van der Waals surface area contributed by atoms with Crippen LogP contribution in [0.15, 0.2) is 17.3 Å². The lowest BCUT2D eigenvalue weighted by atomic mass is 10.1. The molecule has 7 heteroatoms. The summed E-state index contributed by atoms with van der Waals surface area (Å²) in [6.45, 7) is 2.45. The molecule has 0 aromatic carbocycles. The molecule has 0 bridgehead atoms. The van der Waals surface area contributed by atoms with Crippen LogP contribution in [0.3, 0.4) is 0 Å². The number of esters is 1. The number of carbonyl (C=O) groups is 2. The van der Waals surface area contributed by atoms with Gasteiger partial charge in [-0.2, -0.15) is 5.10 Å². The van der Waals surface area contributed by atoms with Gasteiger partial charge in [-0.1, -0.05) is 6.08 Å². The largest absolute Gasteiger partial charge is 0.466 e. The zero-order valence-corrected chi connectivity index (χ0v) is 11.5. The molecule has 0 spiro atoms. The Morgan fingerprint density at radius 1 is 1.63 bits per heavy atom. The third-order valence-electron chi connectivity index (χ3n) is 2.56. The van der Waals surface area contributed by atoms with E-state index in [1.54, 1.807) is 18.1 Å². The molecule has 0 fully saturated rings. The lowest BCUT2D eigenvalue weighted by Gasteiger charge is -2.12. The number of hydrogen-bond donors (Lipinski definition) is 2. The summed E-state index contributed by atoms with van der Waals surface area (Å²) < 4.78 is 4.48. The number of rotatable bonds is 6. The molecule has 1 aliphatic rings. The van der Waals surface area contributed by atoms with Crippen molar-refractivity contribution in [3.8, 4) is 0 Å². The van der Waals surface area contributed by atoms with Gasteiger partial charge in [-0.25, -0.2) is 4.79 Å². The Hall–Kier alpha value is -2.05. The van der Waals surface area contributed by atoms with Crippen LogP contribution < -0.4 is 10.6 Å². The van der Waals surface area contributed by atoms with Crippen molar-refractivity contribution in [3.63, 3.8) is 0 Å². The first-order valence-electron chi connectivity index (χ1n) is 6.12. The lowest BCUT2D eigenvalue weighted by Crippen LogP contribution is -2.42. The quantitative estimate of drug-likeness (QED) is 0.515. The second kappa shape index (κ2) is 7.40. The summed E-state index contributed by atoms with van der Waals surface area (Å²) in [5.74, 6) is -0.252. The number of hydrazone groups is 1. The van der Waals surface area contributed by atoms with E-state index in [1.807, 2.05) is 6.92 Å². The van der Waals surface area contributed by atoms with Crippen molar-refractivity contribution in [3.05, 3.63) is 12.2 Å². The smallest absolute Gasteiger partial charge is 0.330 e. The van der Waals surface area contributed by atoms with Crippen molar-refractivity contribution in [1.82, 2.24) is 15.6 Å². The molecule has 0 aliphatic carbocycles. The summed E-state index contributed by atoms with van der Waals surface area (Å²) in [5, 5.41) is 11.4. The van der Waals surface area contributed by atoms with E-state index in [0.29, 0.717) is 18.9 Å². The van der Waals surface area contributed by atoms with Crippen LogP contribution in [0.25, 0.3) is 0 Å². The fourth-order valence-electron chi connectivity index (χ4n) is 1.51. The molecule has 1 rings (SSSR count). The Labute approximate surface area is 112 Å². The molecule has 19 heavy (non-hydrogen) atoms. The van der Waals surface area contributed by atoms with Crippen LogP contribution in [-0.2, 0) is 14.3 Å². The Morgan fingerprint density at radius 3 is 2.95 bits per heavy atom. The SMILES string of the molecule is COC(=O)/C=C/CCC(C)NC(=O)C1=NN(C)CN1. The number of allylic oxidation sites excluding steroid dienone is 1. The number of amidine groups is 1. The summed E-state index contributed by atoms with van der Waals surface area (Å²) in [5.41, 5.74) is 0. The minimum atomic E-state index is -0.371. The minimum Gasteiger partial charge on any atom is -0.466 e. The van der Waals surface area contributed by atoms with Crippen molar-refractivity contribution in [2.45, 2.75) is 25.8 Å². The van der Waals surface area contributed by atoms with Gasteiger partial charge in [0.1, 0.15) is 6.67 Å². The summed E-state index contributed by atoms with van der Waals surface area (Å²) in [6, 6.07) is 0.00482. The van der Waals surface area contributed by atoms with Gasteiger partial charge in [0, 0.05) is 19.2 Å². The van der Waals surface area contributed by atoms with Crippen LogP contribution in [0.1, 0.15) is 19.8 Å². The molecule has 1 heterocycles. The highest BCUT2D eigenvalue weighted by atomic mass is 16.5. The highest BCUT2D eigenvalue weighted by molar-refractivity contribution is 6.38. The molecular weight excluding hydrogens is 248 g/mol. The zero-order chi connectivity index (χ0) is 14.3. The molecule has 0 saturated carbocycles. The van der Waals surface area contributed by atoms with E-state index in [0.717, 1.165) is 6.42 Å². The van der Waals surface area contributed by atoms with Gasteiger partial charge in [-0.05, 0) is 19.8 Å². The summed E-state index contributed by atoms with van der Waals surface area (Å²) >= 11 is 0. The number of ether oxygens (including phenoxy) is 1. The van der Waals surface area contributed by atoms with Gasteiger partial charge in [0.05, 0.1) is 7.11 Å². The van der Waals surface area contributed by atoms with Gasteiger partial charge in [-0.3, -0.25) is 9.80 Å². The first-order chi connectivity index (χ1) is 9.02. The first-order valence-corrected chi connectivity index (χ1v) is 6.12. The molecule has 1 unspecified atom stereocenters. The van der Waals surface area contributed by atoms with Crippen molar-refractivity contribution in [1.29, 1.82) is 0 Å². The summed E-state index contributed by atoms with van der Waals surface area (Å²) in [6.07, 6.45) is 4.54. The third-order valence-corrected chi connectivity index (χ3v) is 2.56. The molecule has 1 atom stereocenters.